The number of aromatic hydroxyl groups is 1. The molecule has 0 aromatic heterocycles. The van der Waals surface area contributed by atoms with Crippen molar-refractivity contribution in [3.8, 4) is 5.75 Å². The van der Waals surface area contributed by atoms with Gasteiger partial charge in [-0.1, -0.05) is 36.1 Å². The Morgan fingerprint density at radius 1 is 1.29 bits per heavy atom. The van der Waals surface area contributed by atoms with Gasteiger partial charge in [0.2, 0.25) is 0 Å². The summed E-state index contributed by atoms with van der Waals surface area (Å²) in [7, 11) is 0. The number of thiocarbonyl (C=S) groups is 1. The average molecular weight is 367 g/mol. The molecule has 0 bridgehead atoms. The van der Waals surface area contributed by atoms with Crippen LogP contribution in [0.1, 0.15) is 28.8 Å². The van der Waals surface area contributed by atoms with Crippen molar-refractivity contribution in [3.05, 3.63) is 34.2 Å². The van der Waals surface area contributed by atoms with E-state index in [-0.39, 0.29) is 35.4 Å². The molecule has 9 heteroatoms. The van der Waals surface area contributed by atoms with Crippen molar-refractivity contribution in [3.63, 3.8) is 0 Å². The standard InChI is InChI=1S/C15H13NO6S2/c17-11(18)5-2-6-16-13(20)10(24-15(16)23)7-8-3-1-4-9(12(8)19)14(21)22/h1,3-4,7,19H,2,5-6H2,(H,17,18)(H,21,22). The molecule has 126 valence electrons. The maximum Gasteiger partial charge on any atom is 0.339 e. The molecule has 1 saturated heterocycles. The highest BCUT2D eigenvalue weighted by Gasteiger charge is 2.32. The quantitative estimate of drug-likeness (QED) is 0.517. The zero-order valence-corrected chi connectivity index (χ0v) is 13.9. The van der Waals surface area contributed by atoms with Gasteiger partial charge in [0.1, 0.15) is 15.6 Å². The van der Waals surface area contributed by atoms with Crippen LogP contribution in [-0.4, -0.2) is 48.9 Å². The predicted molar refractivity (Wildman–Crippen MR) is 91.8 cm³/mol. The fourth-order valence-electron chi connectivity index (χ4n) is 2.07. The molecule has 24 heavy (non-hydrogen) atoms. The van der Waals surface area contributed by atoms with E-state index in [0.717, 1.165) is 11.8 Å². The lowest BCUT2D eigenvalue weighted by atomic mass is 10.1. The number of aliphatic carboxylic acids is 1. The molecule has 1 aromatic carbocycles. The summed E-state index contributed by atoms with van der Waals surface area (Å²) in [6.07, 6.45) is 1.57. The Balaban J connectivity index is 2.21. The van der Waals surface area contributed by atoms with Crippen molar-refractivity contribution in [2.24, 2.45) is 0 Å². The summed E-state index contributed by atoms with van der Waals surface area (Å²) in [4.78, 5) is 35.4. The van der Waals surface area contributed by atoms with Crippen LogP contribution < -0.4 is 0 Å². The molecule has 2 rings (SSSR count). The summed E-state index contributed by atoms with van der Waals surface area (Å²) in [5.74, 6) is -3.05. The first-order chi connectivity index (χ1) is 11.3. The fraction of sp³-hybridized carbons (Fsp3) is 0.200. The summed E-state index contributed by atoms with van der Waals surface area (Å²) < 4.78 is 0.297. The smallest absolute Gasteiger partial charge is 0.339 e. The molecule has 0 unspecified atom stereocenters. The number of rotatable bonds is 6. The van der Waals surface area contributed by atoms with Gasteiger partial charge in [0.15, 0.2) is 0 Å². The third-order valence-electron chi connectivity index (χ3n) is 3.23. The summed E-state index contributed by atoms with van der Waals surface area (Å²) in [5, 5.41) is 27.6. The SMILES string of the molecule is O=C(O)CCCN1C(=O)C(=Cc2cccc(C(=O)O)c2O)SC1=S. The van der Waals surface area contributed by atoms with Gasteiger partial charge in [-0.15, -0.1) is 0 Å². The number of amides is 1. The van der Waals surface area contributed by atoms with Crippen LogP contribution in [0, 0.1) is 0 Å². The second kappa shape index (κ2) is 7.45. The Labute approximate surface area is 146 Å². The van der Waals surface area contributed by atoms with Crippen LogP contribution in [0.5, 0.6) is 5.75 Å². The van der Waals surface area contributed by atoms with Crippen LogP contribution in [0.2, 0.25) is 0 Å². The van der Waals surface area contributed by atoms with Crippen LogP contribution in [0.15, 0.2) is 23.1 Å². The third-order valence-corrected chi connectivity index (χ3v) is 4.61. The molecular formula is C15H13NO6S2. The van der Waals surface area contributed by atoms with Crippen LogP contribution in [0.25, 0.3) is 6.08 Å². The van der Waals surface area contributed by atoms with Gasteiger partial charge < -0.3 is 15.3 Å². The van der Waals surface area contributed by atoms with Crippen molar-refractivity contribution >= 4 is 52.2 Å². The zero-order chi connectivity index (χ0) is 17.9. The first-order valence-corrected chi connectivity index (χ1v) is 8.06. The first kappa shape index (κ1) is 18.0. The second-order valence-corrected chi connectivity index (χ2v) is 6.55. The topological polar surface area (TPSA) is 115 Å². The molecule has 0 saturated carbocycles. The average Bonchev–Trinajstić information content (AvgIpc) is 2.76. The Hall–Kier alpha value is -2.39. The summed E-state index contributed by atoms with van der Waals surface area (Å²) in [6.45, 7) is 0.190. The van der Waals surface area contributed by atoms with Gasteiger partial charge in [0.25, 0.3) is 5.91 Å². The molecule has 1 heterocycles. The molecule has 1 aromatic rings. The maximum absolute atomic E-state index is 12.3. The number of phenols is 1. The minimum Gasteiger partial charge on any atom is -0.506 e. The molecule has 7 nitrogen and oxygen atoms in total. The van der Waals surface area contributed by atoms with Crippen molar-refractivity contribution in [1.82, 2.24) is 4.90 Å². The van der Waals surface area contributed by atoms with Crippen LogP contribution >= 0.6 is 24.0 Å². The van der Waals surface area contributed by atoms with Crippen molar-refractivity contribution in [1.29, 1.82) is 0 Å². The zero-order valence-electron chi connectivity index (χ0n) is 12.3. The lowest BCUT2D eigenvalue weighted by Crippen LogP contribution is -2.29. The molecular weight excluding hydrogens is 354 g/mol. The minimum atomic E-state index is -1.27. The number of hydrogen-bond donors (Lipinski definition) is 3. The van der Waals surface area contributed by atoms with E-state index in [9.17, 15) is 19.5 Å². The Kier molecular flexibility index (Phi) is 5.58. The lowest BCUT2D eigenvalue weighted by Gasteiger charge is -2.13. The number of thioether (sulfide) groups is 1. The number of para-hydroxylation sites is 1. The Morgan fingerprint density at radius 3 is 2.62 bits per heavy atom. The van der Waals surface area contributed by atoms with E-state index in [4.69, 9.17) is 22.4 Å². The van der Waals surface area contributed by atoms with E-state index in [1.54, 1.807) is 0 Å². The van der Waals surface area contributed by atoms with E-state index in [1.165, 1.54) is 29.2 Å². The molecule has 1 aliphatic rings. The van der Waals surface area contributed by atoms with Gasteiger partial charge in [0, 0.05) is 18.5 Å². The summed E-state index contributed by atoms with van der Waals surface area (Å²) in [5.41, 5.74) is -0.0679. The number of carboxylic acids is 2. The van der Waals surface area contributed by atoms with Crippen molar-refractivity contribution < 1.29 is 29.7 Å². The maximum atomic E-state index is 12.3. The number of benzene rings is 1. The molecule has 1 amide bonds. The van der Waals surface area contributed by atoms with Gasteiger partial charge in [-0.05, 0) is 18.6 Å². The Morgan fingerprint density at radius 2 is 2.00 bits per heavy atom. The molecule has 1 aliphatic heterocycles. The minimum absolute atomic E-state index is 0.0719. The van der Waals surface area contributed by atoms with Crippen LogP contribution in [0.3, 0.4) is 0 Å². The van der Waals surface area contributed by atoms with Crippen LogP contribution in [-0.2, 0) is 9.59 Å². The number of hydrogen-bond acceptors (Lipinski definition) is 6. The highest BCUT2D eigenvalue weighted by Crippen LogP contribution is 2.35. The number of aromatic carboxylic acids is 1. The highest BCUT2D eigenvalue weighted by atomic mass is 32.2. The van der Waals surface area contributed by atoms with Gasteiger partial charge in [-0.25, -0.2) is 4.79 Å². The van der Waals surface area contributed by atoms with Gasteiger partial charge >= 0.3 is 11.9 Å². The molecule has 0 atom stereocenters. The monoisotopic (exact) mass is 367 g/mol. The Bertz CT molecular complexity index is 758. The van der Waals surface area contributed by atoms with Crippen molar-refractivity contribution in [2.45, 2.75) is 12.8 Å². The van der Waals surface area contributed by atoms with E-state index in [1.807, 2.05) is 0 Å². The predicted octanol–water partition coefficient (Wildman–Crippen LogP) is 2.16. The van der Waals surface area contributed by atoms with E-state index in [2.05, 4.69) is 0 Å². The first-order valence-electron chi connectivity index (χ1n) is 6.83. The summed E-state index contributed by atoms with van der Waals surface area (Å²) >= 11 is 6.13. The third kappa shape index (κ3) is 3.92. The molecule has 1 fully saturated rings. The van der Waals surface area contributed by atoms with E-state index >= 15 is 0 Å². The van der Waals surface area contributed by atoms with E-state index < -0.39 is 23.6 Å². The molecule has 0 spiro atoms. The lowest BCUT2D eigenvalue weighted by molar-refractivity contribution is -0.137. The highest BCUT2D eigenvalue weighted by molar-refractivity contribution is 8.26. The number of carboxylic acid groups (broad SMARTS) is 2. The van der Waals surface area contributed by atoms with Crippen molar-refractivity contribution in [2.75, 3.05) is 6.54 Å². The number of carbonyl (C=O) groups is 3. The molecule has 0 aliphatic carbocycles. The second-order valence-electron chi connectivity index (χ2n) is 4.88. The fourth-order valence-corrected chi connectivity index (χ4v) is 3.37. The molecule has 0 radical (unpaired) electrons. The van der Waals surface area contributed by atoms with Gasteiger partial charge in [0.05, 0.1) is 4.91 Å². The largest absolute Gasteiger partial charge is 0.506 e. The number of nitrogens with zero attached hydrogens (tertiary/aromatic N) is 1. The number of carbonyl (C=O) groups excluding carboxylic acids is 1. The van der Waals surface area contributed by atoms with Gasteiger partial charge in [-0.3, -0.25) is 14.5 Å². The van der Waals surface area contributed by atoms with Gasteiger partial charge in [-0.2, -0.15) is 0 Å². The summed E-state index contributed by atoms with van der Waals surface area (Å²) in [6, 6.07) is 4.20. The van der Waals surface area contributed by atoms with Crippen LogP contribution in [0.4, 0.5) is 0 Å². The normalized spacial score (nSPS) is 16.0. The van der Waals surface area contributed by atoms with E-state index in [0.29, 0.717) is 4.32 Å². The molecule has 3 N–H and O–H groups in total.